The fraction of sp³-hybridized carbons (Fsp3) is 0.933. The van der Waals surface area contributed by atoms with Gasteiger partial charge in [-0.2, -0.15) is 11.8 Å². The van der Waals surface area contributed by atoms with Crippen LogP contribution in [-0.4, -0.2) is 29.0 Å². The third-order valence-corrected chi connectivity index (χ3v) is 5.49. The molecule has 0 aromatic rings. The summed E-state index contributed by atoms with van der Waals surface area (Å²) in [5, 5.41) is 4.09. The average molecular weight is 286 g/mol. The smallest absolute Gasteiger partial charge is 0.237 e. The average Bonchev–Trinajstić information content (AvgIpc) is 2.36. The number of nitrogens with one attached hydrogen (secondary N) is 1. The van der Waals surface area contributed by atoms with Gasteiger partial charge in [-0.05, 0) is 50.8 Å². The molecule has 112 valence electrons. The van der Waals surface area contributed by atoms with E-state index in [1.165, 1.54) is 25.7 Å². The minimum Gasteiger partial charge on any atom is -0.368 e. The van der Waals surface area contributed by atoms with Crippen LogP contribution in [0.4, 0.5) is 0 Å². The molecule has 3 unspecified atom stereocenters. The van der Waals surface area contributed by atoms with Gasteiger partial charge in [-0.25, -0.2) is 0 Å². The van der Waals surface area contributed by atoms with Crippen LogP contribution in [0.25, 0.3) is 0 Å². The summed E-state index contributed by atoms with van der Waals surface area (Å²) < 4.78 is 0. The van der Waals surface area contributed by atoms with E-state index in [0.29, 0.717) is 0 Å². The summed E-state index contributed by atoms with van der Waals surface area (Å²) in [6.07, 6.45) is 7.27. The molecule has 0 aliphatic heterocycles. The summed E-state index contributed by atoms with van der Waals surface area (Å²) >= 11 is 2.03. The first-order chi connectivity index (χ1) is 8.98. The first-order valence-electron chi connectivity index (χ1n) is 7.64. The SMILES string of the molecule is CCCNC(C)(CCSC1CCCC(C)C1)C(N)=O. The third-order valence-electron chi connectivity index (χ3n) is 4.15. The number of primary amides is 1. The standard InChI is InChI=1S/C15H30N2OS/c1-4-9-17-15(3,14(16)18)8-10-19-13-7-5-6-12(2)11-13/h12-13,17H,4-11H2,1-3H3,(H2,16,18). The Morgan fingerprint density at radius 3 is 2.79 bits per heavy atom. The summed E-state index contributed by atoms with van der Waals surface area (Å²) in [5.41, 5.74) is 5.00. The molecule has 1 fully saturated rings. The highest BCUT2D eigenvalue weighted by Gasteiger charge is 2.30. The van der Waals surface area contributed by atoms with Crippen molar-refractivity contribution in [1.29, 1.82) is 0 Å². The highest BCUT2D eigenvalue weighted by atomic mass is 32.2. The molecule has 1 amide bonds. The molecule has 1 rings (SSSR count). The number of nitrogens with two attached hydrogens (primary N) is 1. The van der Waals surface area contributed by atoms with E-state index in [0.717, 1.165) is 36.3 Å². The second-order valence-corrected chi connectivity index (χ2v) is 7.55. The first kappa shape index (κ1) is 16.8. The lowest BCUT2D eigenvalue weighted by Crippen LogP contribution is -2.53. The van der Waals surface area contributed by atoms with E-state index >= 15 is 0 Å². The van der Waals surface area contributed by atoms with Crippen LogP contribution in [0.2, 0.25) is 0 Å². The molecule has 0 aromatic heterocycles. The number of carbonyl (C=O) groups excluding carboxylic acids is 1. The van der Waals surface area contributed by atoms with Gasteiger partial charge in [0.15, 0.2) is 0 Å². The fourth-order valence-corrected chi connectivity index (χ4v) is 4.32. The molecule has 1 aliphatic carbocycles. The number of hydrogen-bond acceptors (Lipinski definition) is 3. The second kappa shape index (κ2) is 8.15. The van der Waals surface area contributed by atoms with Gasteiger partial charge in [-0.3, -0.25) is 4.79 Å². The van der Waals surface area contributed by atoms with Gasteiger partial charge in [-0.15, -0.1) is 0 Å². The lowest BCUT2D eigenvalue weighted by atomic mass is 9.91. The minimum atomic E-state index is -0.538. The lowest BCUT2D eigenvalue weighted by molar-refractivity contribution is -0.123. The van der Waals surface area contributed by atoms with Gasteiger partial charge >= 0.3 is 0 Å². The van der Waals surface area contributed by atoms with Crippen molar-refractivity contribution >= 4 is 17.7 Å². The van der Waals surface area contributed by atoms with Gasteiger partial charge in [0.2, 0.25) is 5.91 Å². The highest BCUT2D eigenvalue weighted by molar-refractivity contribution is 7.99. The Bertz CT molecular complexity index is 285. The summed E-state index contributed by atoms with van der Waals surface area (Å²) in [5.74, 6) is 1.67. The van der Waals surface area contributed by atoms with Crippen LogP contribution >= 0.6 is 11.8 Å². The van der Waals surface area contributed by atoms with Crippen molar-refractivity contribution in [3.8, 4) is 0 Å². The number of carbonyl (C=O) groups is 1. The predicted molar refractivity (Wildman–Crippen MR) is 84.4 cm³/mol. The summed E-state index contributed by atoms with van der Waals surface area (Å²) in [7, 11) is 0. The van der Waals surface area contributed by atoms with E-state index in [-0.39, 0.29) is 5.91 Å². The molecule has 0 bridgehead atoms. The van der Waals surface area contributed by atoms with E-state index in [1.54, 1.807) is 0 Å². The maximum Gasteiger partial charge on any atom is 0.237 e. The van der Waals surface area contributed by atoms with Crippen molar-refractivity contribution in [3.05, 3.63) is 0 Å². The number of thioether (sulfide) groups is 1. The second-order valence-electron chi connectivity index (χ2n) is 6.14. The van der Waals surface area contributed by atoms with Crippen molar-refractivity contribution in [3.63, 3.8) is 0 Å². The maximum absolute atomic E-state index is 11.6. The van der Waals surface area contributed by atoms with Crippen LogP contribution in [0.15, 0.2) is 0 Å². The van der Waals surface area contributed by atoms with Gasteiger partial charge < -0.3 is 11.1 Å². The Morgan fingerprint density at radius 2 is 2.21 bits per heavy atom. The van der Waals surface area contributed by atoms with E-state index in [1.807, 2.05) is 18.7 Å². The van der Waals surface area contributed by atoms with Crippen molar-refractivity contribution < 1.29 is 4.79 Å². The van der Waals surface area contributed by atoms with E-state index in [9.17, 15) is 4.79 Å². The van der Waals surface area contributed by atoms with Crippen LogP contribution in [-0.2, 0) is 4.79 Å². The van der Waals surface area contributed by atoms with Crippen LogP contribution in [0.5, 0.6) is 0 Å². The predicted octanol–water partition coefficient (Wildman–Crippen LogP) is 2.93. The summed E-state index contributed by atoms with van der Waals surface area (Å²) in [6, 6.07) is 0. The van der Waals surface area contributed by atoms with Gasteiger partial charge in [0.25, 0.3) is 0 Å². The number of hydrogen-bond donors (Lipinski definition) is 2. The molecule has 0 radical (unpaired) electrons. The van der Waals surface area contributed by atoms with E-state index in [4.69, 9.17) is 5.73 Å². The maximum atomic E-state index is 11.6. The Labute approximate surface area is 122 Å². The molecule has 1 saturated carbocycles. The van der Waals surface area contributed by atoms with Crippen molar-refractivity contribution in [1.82, 2.24) is 5.32 Å². The third kappa shape index (κ3) is 5.74. The van der Waals surface area contributed by atoms with Gasteiger partial charge in [-0.1, -0.05) is 26.7 Å². The Kier molecular flexibility index (Phi) is 7.22. The zero-order valence-corrected chi connectivity index (χ0v) is 13.5. The van der Waals surface area contributed by atoms with Gasteiger partial charge in [0.05, 0.1) is 5.54 Å². The molecule has 0 saturated heterocycles. The Balaban J connectivity index is 2.33. The first-order valence-corrected chi connectivity index (χ1v) is 8.69. The largest absolute Gasteiger partial charge is 0.368 e. The number of amides is 1. The molecule has 4 heteroatoms. The monoisotopic (exact) mass is 286 g/mol. The molecule has 3 atom stereocenters. The topological polar surface area (TPSA) is 55.1 Å². The van der Waals surface area contributed by atoms with E-state index < -0.39 is 5.54 Å². The highest BCUT2D eigenvalue weighted by Crippen LogP contribution is 2.32. The quantitative estimate of drug-likeness (QED) is 0.721. The van der Waals surface area contributed by atoms with Crippen molar-refractivity contribution in [2.75, 3.05) is 12.3 Å². The van der Waals surface area contributed by atoms with Crippen LogP contribution in [0.3, 0.4) is 0 Å². The van der Waals surface area contributed by atoms with Gasteiger partial charge in [0, 0.05) is 5.25 Å². The fourth-order valence-electron chi connectivity index (χ4n) is 2.66. The normalized spacial score (nSPS) is 26.9. The zero-order valence-electron chi connectivity index (χ0n) is 12.7. The molecule has 3 nitrogen and oxygen atoms in total. The van der Waals surface area contributed by atoms with Crippen LogP contribution < -0.4 is 11.1 Å². The molecule has 0 heterocycles. The summed E-state index contributed by atoms with van der Waals surface area (Å²) in [4.78, 5) is 11.6. The molecule has 0 spiro atoms. The molecule has 19 heavy (non-hydrogen) atoms. The van der Waals surface area contributed by atoms with Crippen LogP contribution in [0.1, 0.15) is 59.3 Å². The Morgan fingerprint density at radius 1 is 1.47 bits per heavy atom. The molecular weight excluding hydrogens is 256 g/mol. The molecule has 1 aliphatic rings. The molecule has 3 N–H and O–H groups in total. The zero-order chi connectivity index (χ0) is 14.3. The van der Waals surface area contributed by atoms with E-state index in [2.05, 4.69) is 19.2 Å². The minimum absolute atomic E-state index is 0.224. The van der Waals surface area contributed by atoms with Gasteiger partial charge in [0.1, 0.15) is 0 Å². The van der Waals surface area contributed by atoms with Crippen molar-refractivity contribution in [2.24, 2.45) is 11.7 Å². The number of rotatable bonds is 8. The summed E-state index contributed by atoms with van der Waals surface area (Å²) in [6.45, 7) is 7.25. The van der Waals surface area contributed by atoms with Crippen molar-refractivity contribution in [2.45, 2.75) is 70.1 Å². The Hall–Kier alpha value is -0.220. The van der Waals surface area contributed by atoms with Crippen LogP contribution in [0, 0.1) is 5.92 Å². The molecule has 0 aromatic carbocycles. The lowest BCUT2D eigenvalue weighted by Gasteiger charge is -2.30. The molecular formula is C15H30N2OS.